The zero-order chi connectivity index (χ0) is 54.1. The van der Waals surface area contributed by atoms with Crippen LogP contribution in [-0.2, 0) is 26.7 Å². The monoisotopic (exact) mass is 1040 g/mol. The third-order valence-electron chi connectivity index (χ3n) is 14.0. The highest BCUT2D eigenvalue weighted by molar-refractivity contribution is 5.94. The van der Waals surface area contributed by atoms with Crippen LogP contribution in [0.2, 0.25) is 0 Å². The molecule has 0 aliphatic carbocycles. The molecule has 0 saturated heterocycles. The van der Waals surface area contributed by atoms with E-state index in [4.69, 9.17) is 44.2 Å². The Labute approximate surface area is 442 Å². The Morgan fingerprint density at radius 1 is 0.737 bits per heavy atom. The number of hydrogen-bond acceptors (Lipinski definition) is 16. The summed E-state index contributed by atoms with van der Waals surface area (Å²) >= 11 is 0. The number of hydrogen-bond donors (Lipinski definition) is 4. The Balaban J connectivity index is 0.000000180. The molecule has 0 saturated carbocycles. The molecule has 11 heterocycles. The Morgan fingerprint density at radius 2 is 1.37 bits per heavy atom. The van der Waals surface area contributed by atoms with Crippen LogP contribution in [-0.4, -0.2) is 155 Å². The minimum absolute atomic E-state index is 0.0255. The van der Waals surface area contributed by atoms with Crippen LogP contribution in [0, 0.1) is 20.8 Å². The molecule has 3 aliphatic heterocycles. The van der Waals surface area contributed by atoms with E-state index >= 15 is 0 Å². The fourth-order valence-corrected chi connectivity index (χ4v) is 9.98. The molecule has 11 rings (SSSR count). The lowest BCUT2D eigenvalue weighted by atomic mass is 10.1. The van der Waals surface area contributed by atoms with Crippen LogP contribution in [0.5, 0.6) is 23.5 Å². The van der Waals surface area contributed by atoms with Crippen molar-refractivity contribution in [1.29, 1.82) is 0 Å². The van der Waals surface area contributed by atoms with Crippen molar-refractivity contribution in [1.82, 2.24) is 79.3 Å². The fourth-order valence-electron chi connectivity index (χ4n) is 9.98. The smallest absolute Gasteiger partial charge is 0.240 e. The number of aliphatic hydroxyl groups excluding tert-OH is 2. The van der Waals surface area contributed by atoms with Gasteiger partial charge in [0.25, 0.3) is 0 Å². The first-order chi connectivity index (χ1) is 36.7. The van der Waals surface area contributed by atoms with E-state index in [0.717, 1.165) is 101 Å². The highest BCUT2D eigenvalue weighted by Gasteiger charge is 2.33. The van der Waals surface area contributed by atoms with Crippen LogP contribution in [0.25, 0.3) is 68.6 Å². The summed E-state index contributed by atoms with van der Waals surface area (Å²) in [5.74, 6) is 2.52. The molecule has 76 heavy (non-hydrogen) atoms. The normalized spacial score (nSPS) is 18.1. The fraction of sp³-hybridized carbons (Fsp3) is 0.481. The number of nitrogens with zero attached hydrogens (tertiary/aromatic N) is 14. The molecule has 0 amide bonds. The van der Waals surface area contributed by atoms with Gasteiger partial charge in [0.15, 0.2) is 0 Å². The highest BCUT2D eigenvalue weighted by Crippen LogP contribution is 2.40. The summed E-state index contributed by atoms with van der Waals surface area (Å²) in [5, 5.41) is 56.0. The molecule has 22 heteroatoms. The molecular weight excluding hydrogens is 969 g/mol. The number of ether oxygens (including phenoxy) is 4. The molecule has 4 N–H and O–H groups in total. The van der Waals surface area contributed by atoms with E-state index in [1.54, 1.807) is 10.9 Å². The van der Waals surface area contributed by atoms with Crippen molar-refractivity contribution in [2.24, 2.45) is 7.05 Å². The van der Waals surface area contributed by atoms with Gasteiger partial charge < -0.3 is 29.2 Å². The van der Waals surface area contributed by atoms with Gasteiger partial charge in [0.05, 0.1) is 130 Å². The van der Waals surface area contributed by atoms with Gasteiger partial charge in [-0.15, -0.1) is 10.2 Å². The quantitative estimate of drug-likeness (QED) is 0.118. The molecule has 22 nitrogen and oxygen atoms in total. The van der Waals surface area contributed by atoms with Gasteiger partial charge in [-0.3, -0.25) is 39.3 Å². The lowest BCUT2D eigenvalue weighted by Gasteiger charge is -2.26. The van der Waals surface area contributed by atoms with Gasteiger partial charge in [0.2, 0.25) is 23.5 Å². The van der Waals surface area contributed by atoms with Gasteiger partial charge >= 0.3 is 0 Å². The summed E-state index contributed by atoms with van der Waals surface area (Å²) in [5.41, 5.74) is 12.9. The Kier molecular flexibility index (Phi) is 15.8. The largest absolute Gasteiger partial charge is 0.476 e. The summed E-state index contributed by atoms with van der Waals surface area (Å²) < 4.78 is 32.2. The molecule has 0 radical (unpaired) electrons. The van der Waals surface area contributed by atoms with E-state index in [1.807, 2.05) is 114 Å². The van der Waals surface area contributed by atoms with Crippen molar-refractivity contribution in [3.05, 3.63) is 69.3 Å². The first-order valence-corrected chi connectivity index (χ1v) is 26.3. The standard InChI is InChI=1S/C26H32N8O3.C26H34N8O3.C2H6/c1-6-36-25-18-7-8-20-19-9-21(27-16(4)24(19)29-28-20)23-15(3)30-33-11-17(37-26(23)33)10-32(5)12-22(18)34(31-25)14(2)13-35;1-7-36-25-18-8-9-20-19-10-21(27-11-22(19)29-28-20)24-17(4)30-33(6)26(24)37-14-16(3)32(5)12-23(18)34(31-25)15(2)13-35;1-2/h7-9,14,17,35H,6,10-13H2,1-5H3,(H,28,29);8-11,15-16,35H,7,12-14H2,1-6H3,(H,28,29);1-2H3/b8-7+;9-8+;/t14?,17-;;/m0../s1. The van der Waals surface area contributed by atoms with Crippen LogP contribution >= 0.6 is 0 Å². The first kappa shape index (κ1) is 53.4. The number of fused-ring (bicyclic) bond motifs is 8. The molecule has 8 aromatic heterocycles. The van der Waals surface area contributed by atoms with E-state index in [0.29, 0.717) is 63.6 Å². The molecule has 0 spiro atoms. The topological polar surface area (TPSA) is 238 Å². The van der Waals surface area contributed by atoms with Crippen LogP contribution in [0.15, 0.2) is 18.3 Å². The summed E-state index contributed by atoms with van der Waals surface area (Å²) in [6.45, 7) is 23.7. The summed E-state index contributed by atoms with van der Waals surface area (Å²) in [4.78, 5) is 14.0. The number of rotatable bonds is 8. The van der Waals surface area contributed by atoms with Crippen molar-refractivity contribution >= 4 is 46.1 Å². The van der Waals surface area contributed by atoms with Crippen LogP contribution < -0.4 is 18.9 Å². The van der Waals surface area contributed by atoms with Gasteiger partial charge in [-0.25, -0.2) is 9.36 Å². The van der Waals surface area contributed by atoms with E-state index in [-0.39, 0.29) is 37.4 Å². The minimum atomic E-state index is -0.210. The first-order valence-electron chi connectivity index (χ1n) is 26.3. The number of H-pyrrole nitrogens is 2. The molecule has 3 aliphatic rings. The number of pyridine rings is 2. The average molecular weight is 1040 g/mol. The Bertz CT molecular complexity index is 3410. The second kappa shape index (κ2) is 22.4. The number of aromatic amines is 2. The van der Waals surface area contributed by atoms with Gasteiger partial charge in [0.1, 0.15) is 18.2 Å². The summed E-state index contributed by atoms with van der Waals surface area (Å²) in [6, 6.07) is 3.74. The van der Waals surface area contributed by atoms with Crippen molar-refractivity contribution in [3.63, 3.8) is 0 Å². The average Bonchev–Trinajstić information content (AvgIpc) is 4.30. The van der Waals surface area contributed by atoms with Crippen molar-refractivity contribution in [2.75, 3.05) is 53.7 Å². The predicted octanol–water partition coefficient (Wildman–Crippen LogP) is 7.19. The summed E-state index contributed by atoms with van der Waals surface area (Å²) in [7, 11) is 6.00. The Morgan fingerprint density at radius 3 is 2.04 bits per heavy atom. The highest BCUT2D eigenvalue weighted by atomic mass is 16.5. The second-order valence-corrected chi connectivity index (χ2v) is 19.5. The number of aryl methyl sites for hydroxylation is 4. The number of aliphatic hydroxyl groups is 2. The maximum Gasteiger partial charge on any atom is 0.240 e. The van der Waals surface area contributed by atoms with E-state index in [1.165, 1.54) is 0 Å². The SMILES string of the molecule is CC.CCOc1nn(C(C)CO)c2c1/C=C/c1[nH]nc3c(C)nc(cc13)-c1c(C)nn3c1O[C@@H](CN(C)C2)C3.CCOc1nn(C(C)CO)c2c1/C=C/c1n[nH]c3cnc(cc13)-c1c(C)nn(C)c1OCC(C)N(C)C2. The Hall–Kier alpha value is -7.40. The zero-order valence-corrected chi connectivity index (χ0v) is 46.0. The van der Waals surface area contributed by atoms with Crippen LogP contribution in [0.3, 0.4) is 0 Å². The maximum atomic E-state index is 9.95. The van der Waals surface area contributed by atoms with Crippen LogP contribution in [0.4, 0.5) is 0 Å². The van der Waals surface area contributed by atoms with Gasteiger partial charge in [-0.1, -0.05) is 13.8 Å². The summed E-state index contributed by atoms with van der Waals surface area (Å²) in [6.07, 6.45) is 9.74. The van der Waals surface area contributed by atoms with Crippen molar-refractivity contribution in [2.45, 2.75) is 113 Å². The molecule has 404 valence electrons. The maximum absolute atomic E-state index is 9.95. The number of likely N-dealkylation sites (N-methyl/N-ethyl adjacent to an activating group) is 2. The van der Waals surface area contributed by atoms with Crippen LogP contribution in [0.1, 0.15) is 112 Å². The molecule has 6 bridgehead atoms. The molecule has 0 fully saturated rings. The number of aromatic nitrogens is 14. The molecule has 8 aromatic rings. The predicted molar refractivity (Wildman–Crippen MR) is 292 cm³/mol. The lowest BCUT2D eigenvalue weighted by Crippen LogP contribution is -2.35. The van der Waals surface area contributed by atoms with Gasteiger partial charge in [-0.2, -0.15) is 20.4 Å². The zero-order valence-electron chi connectivity index (χ0n) is 46.0. The van der Waals surface area contributed by atoms with E-state index in [9.17, 15) is 10.2 Å². The van der Waals surface area contributed by atoms with Gasteiger partial charge in [-0.05, 0) is 106 Å². The minimum Gasteiger partial charge on any atom is -0.476 e. The molecular formula is C54H72N16O6. The van der Waals surface area contributed by atoms with Crippen molar-refractivity contribution < 1.29 is 29.2 Å². The second-order valence-electron chi connectivity index (χ2n) is 19.5. The lowest BCUT2D eigenvalue weighted by molar-refractivity contribution is 0.154. The molecule has 3 unspecified atom stereocenters. The van der Waals surface area contributed by atoms with E-state index in [2.05, 4.69) is 62.4 Å². The third-order valence-corrected chi connectivity index (χ3v) is 14.0. The van der Waals surface area contributed by atoms with Gasteiger partial charge in [0, 0.05) is 43.5 Å². The van der Waals surface area contributed by atoms with E-state index < -0.39 is 0 Å². The molecule has 0 aromatic carbocycles. The third kappa shape index (κ3) is 10.1. The number of nitrogens with one attached hydrogen (secondary N) is 2. The van der Waals surface area contributed by atoms with Crippen molar-refractivity contribution in [3.8, 4) is 46.0 Å². The molecule has 4 atom stereocenters.